The number of fused-ring (bicyclic) bond motifs is 1. The molecule has 4 aromatic rings. The lowest BCUT2D eigenvalue weighted by Gasteiger charge is -2.28. The summed E-state index contributed by atoms with van der Waals surface area (Å²) in [7, 11) is 9.62. The van der Waals surface area contributed by atoms with Crippen LogP contribution in [0.25, 0.3) is 12.2 Å². The first-order valence-electron chi connectivity index (χ1n) is 17.3. The minimum atomic E-state index is -0.401. The van der Waals surface area contributed by atoms with E-state index in [2.05, 4.69) is 10.6 Å². The summed E-state index contributed by atoms with van der Waals surface area (Å²) in [5, 5.41) is 6.37. The van der Waals surface area contributed by atoms with E-state index in [-0.39, 0.29) is 5.91 Å². The molecule has 276 valence electrons. The van der Waals surface area contributed by atoms with Crippen LogP contribution in [0.4, 0.5) is 5.69 Å². The second kappa shape index (κ2) is 18.5. The molecule has 11 nitrogen and oxygen atoms in total. The van der Waals surface area contributed by atoms with Crippen LogP contribution in [0.2, 0.25) is 0 Å². The van der Waals surface area contributed by atoms with E-state index in [9.17, 15) is 4.79 Å². The standard InChI is InChI=1S/C41H48N2O9/c1-45-30-16-17-32-31(26-30)41(44)43-40(42-32)29-15-19-34(35(25-29)47-3)51-20-10-8-7-9-11-21-52-36-22-27(14-18-33(36)46-2)12-13-28-23-37(48-4)39(50-6)38(24-28)49-5/h12-19,22-26,40,42H,7-11,20-21H2,1-6H3,(H,43,44). The third-order valence-electron chi connectivity index (χ3n) is 8.71. The van der Waals surface area contributed by atoms with Gasteiger partial charge < -0.3 is 48.5 Å². The third kappa shape index (κ3) is 9.34. The average Bonchev–Trinajstić information content (AvgIpc) is 3.18. The van der Waals surface area contributed by atoms with Gasteiger partial charge in [-0.05, 0) is 84.1 Å². The number of methoxy groups -OCH3 is 6. The minimum absolute atomic E-state index is 0.171. The summed E-state index contributed by atoms with van der Waals surface area (Å²) in [6.45, 7) is 1.17. The second-order valence-electron chi connectivity index (χ2n) is 12.0. The summed E-state index contributed by atoms with van der Waals surface area (Å²) in [5.41, 5.74) is 4.03. The van der Waals surface area contributed by atoms with E-state index in [0.29, 0.717) is 64.8 Å². The lowest BCUT2D eigenvalue weighted by atomic mass is 10.0. The lowest BCUT2D eigenvalue weighted by Crippen LogP contribution is -2.38. The van der Waals surface area contributed by atoms with Gasteiger partial charge in [-0.2, -0.15) is 0 Å². The molecule has 11 heteroatoms. The van der Waals surface area contributed by atoms with Crippen molar-refractivity contribution in [2.45, 2.75) is 38.3 Å². The molecule has 5 rings (SSSR count). The Labute approximate surface area is 305 Å². The van der Waals surface area contributed by atoms with E-state index < -0.39 is 6.17 Å². The highest BCUT2D eigenvalue weighted by Gasteiger charge is 2.26. The zero-order chi connectivity index (χ0) is 36.9. The van der Waals surface area contributed by atoms with Gasteiger partial charge in [0.25, 0.3) is 5.91 Å². The molecule has 2 N–H and O–H groups in total. The third-order valence-corrected chi connectivity index (χ3v) is 8.71. The molecule has 0 aliphatic carbocycles. The van der Waals surface area contributed by atoms with Gasteiger partial charge in [-0.3, -0.25) is 4.79 Å². The topological polar surface area (TPSA) is 115 Å². The Morgan fingerprint density at radius 1 is 0.538 bits per heavy atom. The van der Waals surface area contributed by atoms with E-state index in [1.54, 1.807) is 48.7 Å². The van der Waals surface area contributed by atoms with Crippen molar-refractivity contribution in [3.8, 4) is 46.0 Å². The van der Waals surface area contributed by atoms with Crippen molar-refractivity contribution in [2.24, 2.45) is 0 Å². The van der Waals surface area contributed by atoms with Gasteiger partial charge in [-0.25, -0.2) is 0 Å². The lowest BCUT2D eigenvalue weighted by molar-refractivity contribution is 0.0935. The van der Waals surface area contributed by atoms with Gasteiger partial charge in [0.05, 0.1) is 61.4 Å². The molecular weight excluding hydrogens is 664 g/mol. The highest BCUT2D eigenvalue weighted by Crippen LogP contribution is 2.39. The fraction of sp³-hybridized carbons (Fsp3) is 0.341. The van der Waals surface area contributed by atoms with Gasteiger partial charge in [0.2, 0.25) is 5.75 Å². The van der Waals surface area contributed by atoms with Gasteiger partial charge >= 0.3 is 0 Å². The molecule has 52 heavy (non-hydrogen) atoms. The molecule has 0 aromatic heterocycles. The number of carbonyl (C=O) groups excluding carboxylic acids is 1. The Balaban J connectivity index is 1.04. The molecule has 0 bridgehead atoms. The molecule has 1 aliphatic rings. The molecule has 1 heterocycles. The maximum Gasteiger partial charge on any atom is 0.255 e. The van der Waals surface area contributed by atoms with E-state index >= 15 is 0 Å². The Hall–Kier alpha value is -5.71. The Morgan fingerprint density at radius 2 is 1.15 bits per heavy atom. The Kier molecular flexibility index (Phi) is 13.4. The van der Waals surface area contributed by atoms with Gasteiger partial charge in [0.15, 0.2) is 34.5 Å². The van der Waals surface area contributed by atoms with E-state index in [1.165, 1.54) is 0 Å². The summed E-state index contributed by atoms with van der Waals surface area (Å²) in [6, 6.07) is 20.8. The van der Waals surface area contributed by atoms with Crippen LogP contribution in [0.1, 0.15) is 65.3 Å². The molecule has 1 atom stereocenters. The largest absolute Gasteiger partial charge is 0.497 e. The summed E-state index contributed by atoms with van der Waals surface area (Å²) in [6.07, 6.45) is 8.57. The summed E-state index contributed by atoms with van der Waals surface area (Å²) < 4.78 is 45.0. The highest BCUT2D eigenvalue weighted by molar-refractivity contribution is 6.02. The summed E-state index contributed by atoms with van der Waals surface area (Å²) in [4.78, 5) is 12.8. The van der Waals surface area contributed by atoms with Crippen LogP contribution < -0.4 is 48.5 Å². The van der Waals surface area contributed by atoms with Crippen LogP contribution in [0.3, 0.4) is 0 Å². The van der Waals surface area contributed by atoms with Crippen molar-refractivity contribution < 1.29 is 42.7 Å². The first-order valence-corrected chi connectivity index (χ1v) is 17.3. The molecule has 1 amide bonds. The average molecular weight is 713 g/mol. The number of nitrogens with one attached hydrogen (secondary N) is 2. The van der Waals surface area contributed by atoms with Crippen molar-refractivity contribution >= 4 is 23.7 Å². The van der Waals surface area contributed by atoms with Crippen molar-refractivity contribution in [3.05, 3.63) is 89.0 Å². The zero-order valence-electron chi connectivity index (χ0n) is 30.7. The first kappa shape index (κ1) is 37.5. The molecular formula is C41H48N2O9. The van der Waals surface area contributed by atoms with Crippen molar-refractivity contribution in [1.29, 1.82) is 0 Å². The van der Waals surface area contributed by atoms with Crippen LogP contribution in [0, 0.1) is 0 Å². The van der Waals surface area contributed by atoms with Crippen LogP contribution in [-0.4, -0.2) is 61.8 Å². The van der Waals surface area contributed by atoms with Crippen LogP contribution in [0.15, 0.2) is 66.7 Å². The fourth-order valence-corrected chi connectivity index (χ4v) is 5.91. The number of anilines is 1. The number of unbranched alkanes of at least 4 members (excludes halogenated alkanes) is 4. The maximum atomic E-state index is 12.8. The predicted octanol–water partition coefficient (Wildman–Crippen LogP) is 8.17. The molecule has 1 aliphatic heterocycles. The van der Waals surface area contributed by atoms with E-state index in [4.69, 9.17) is 37.9 Å². The molecule has 0 saturated heterocycles. The molecule has 0 saturated carbocycles. The highest BCUT2D eigenvalue weighted by atomic mass is 16.5. The quantitative estimate of drug-likeness (QED) is 0.0729. The number of hydrogen-bond donors (Lipinski definition) is 2. The summed E-state index contributed by atoms with van der Waals surface area (Å²) >= 11 is 0. The number of hydrogen-bond acceptors (Lipinski definition) is 10. The van der Waals surface area contributed by atoms with E-state index in [0.717, 1.165) is 54.5 Å². The van der Waals surface area contributed by atoms with Gasteiger partial charge in [0, 0.05) is 5.69 Å². The number of benzene rings is 4. The van der Waals surface area contributed by atoms with Crippen LogP contribution in [0.5, 0.6) is 46.0 Å². The van der Waals surface area contributed by atoms with Crippen molar-refractivity contribution in [3.63, 3.8) is 0 Å². The SMILES string of the molecule is COc1ccc2c(c1)C(=O)NC(c1ccc(OCCCCCCCOc3cc(C=Cc4cc(OC)c(OC)c(OC)c4)ccc3OC)c(OC)c1)N2. The normalized spacial score (nSPS) is 13.4. The molecule has 0 fully saturated rings. The molecule has 1 unspecified atom stereocenters. The van der Waals surface area contributed by atoms with Crippen LogP contribution >= 0.6 is 0 Å². The van der Waals surface area contributed by atoms with Crippen LogP contribution in [-0.2, 0) is 0 Å². The number of ether oxygens (including phenoxy) is 8. The maximum absolute atomic E-state index is 12.8. The molecule has 0 spiro atoms. The second-order valence-corrected chi connectivity index (χ2v) is 12.0. The fourth-order valence-electron chi connectivity index (χ4n) is 5.91. The molecule has 4 aromatic carbocycles. The number of carbonyl (C=O) groups is 1. The molecule has 0 radical (unpaired) electrons. The Morgan fingerprint density at radius 3 is 1.81 bits per heavy atom. The van der Waals surface area contributed by atoms with E-state index in [1.807, 2.05) is 72.8 Å². The zero-order valence-corrected chi connectivity index (χ0v) is 30.7. The smallest absolute Gasteiger partial charge is 0.255 e. The van der Waals surface area contributed by atoms with Crippen molar-refractivity contribution in [2.75, 3.05) is 61.2 Å². The summed E-state index contributed by atoms with van der Waals surface area (Å²) in [5.74, 6) is 4.88. The number of amides is 1. The van der Waals surface area contributed by atoms with Gasteiger partial charge in [-0.1, -0.05) is 43.5 Å². The Bertz CT molecular complexity index is 1820. The minimum Gasteiger partial charge on any atom is -0.497 e. The van der Waals surface area contributed by atoms with Gasteiger partial charge in [-0.15, -0.1) is 0 Å². The predicted molar refractivity (Wildman–Crippen MR) is 202 cm³/mol. The van der Waals surface area contributed by atoms with Gasteiger partial charge in [0.1, 0.15) is 11.9 Å². The van der Waals surface area contributed by atoms with Crippen molar-refractivity contribution in [1.82, 2.24) is 5.32 Å². The first-order chi connectivity index (χ1) is 25.4. The monoisotopic (exact) mass is 712 g/mol. The number of rotatable bonds is 19.